The van der Waals surface area contributed by atoms with Crippen LogP contribution in [0.1, 0.15) is 16.8 Å². The summed E-state index contributed by atoms with van der Waals surface area (Å²) in [5.74, 6) is -3.38. The fourth-order valence-corrected chi connectivity index (χ4v) is 5.57. The smallest absolute Gasteiger partial charge is 0.288 e. The first kappa shape index (κ1) is 20.1. The summed E-state index contributed by atoms with van der Waals surface area (Å²) in [6, 6.07) is 6.02. The number of piperazine rings is 1. The average molecular weight is 418 g/mol. The quantitative estimate of drug-likeness (QED) is 0.696. The number of sulfone groups is 1. The van der Waals surface area contributed by atoms with Gasteiger partial charge < -0.3 is 9.80 Å². The Bertz CT molecular complexity index is 807. The maximum absolute atomic E-state index is 12.5. The van der Waals surface area contributed by atoms with Gasteiger partial charge in [0.05, 0.1) is 17.4 Å². The molecule has 0 spiro atoms. The highest BCUT2D eigenvalue weighted by Gasteiger charge is 2.36. The Morgan fingerprint density at radius 1 is 1.04 bits per heavy atom. The zero-order valence-electron chi connectivity index (χ0n) is 14.5. The van der Waals surface area contributed by atoms with Crippen LogP contribution in [0.4, 0.5) is 8.78 Å². The lowest BCUT2D eigenvalue weighted by atomic mass is 10.1. The van der Waals surface area contributed by atoms with Gasteiger partial charge in [-0.3, -0.25) is 9.59 Å². The first-order valence-electron chi connectivity index (χ1n) is 8.58. The summed E-state index contributed by atoms with van der Waals surface area (Å²) in [6.45, 7) is 1.44. The van der Waals surface area contributed by atoms with Gasteiger partial charge in [-0.05, 0) is 30.7 Å². The number of carbonyl (C=O) groups excluding carboxylic acids is 2. The van der Waals surface area contributed by atoms with Gasteiger partial charge in [0.1, 0.15) is 0 Å². The third-order valence-electron chi connectivity index (χ3n) is 4.79. The number of nitrogens with zero attached hydrogens (tertiary/aromatic N) is 2. The van der Waals surface area contributed by atoms with Crippen molar-refractivity contribution < 1.29 is 26.8 Å². The molecule has 3 rings (SSSR count). The molecular formula is C17H20F2N2O4S2. The van der Waals surface area contributed by atoms with Crippen LogP contribution in [0.5, 0.6) is 0 Å². The molecule has 2 fully saturated rings. The van der Waals surface area contributed by atoms with E-state index in [0.717, 1.165) is 0 Å². The second-order valence-electron chi connectivity index (χ2n) is 6.62. The molecule has 0 bridgehead atoms. The predicted octanol–water partition coefficient (Wildman–Crippen LogP) is 1.72. The van der Waals surface area contributed by atoms with Crippen LogP contribution in [-0.4, -0.2) is 73.5 Å². The molecule has 0 saturated carbocycles. The molecule has 2 saturated heterocycles. The van der Waals surface area contributed by atoms with Crippen LogP contribution in [0.15, 0.2) is 29.2 Å². The minimum atomic E-state index is -3.11. The molecule has 0 aromatic heterocycles. The number of benzene rings is 1. The van der Waals surface area contributed by atoms with E-state index in [1.165, 1.54) is 24.3 Å². The number of halogens is 2. The van der Waals surface area contributed by atoms with Crippen LogP contribution in [0, 0.1) is 5.92 Å². The van der Waals surface area contributed by atoms with Gasteiger partial charge in [0.25, 0.3) is 11.7 Å². The molecule has 1 atom stereocenters. The van der Waals surface area contributed by atoms with Crippen LogP contribution >= 0.6 is 11.8 Å². The van der Waals surface area contributed by atoms with E-state index in [4.69, 9.17) is 0 Å². The van der Waals surface area contributed by atoms with Gasteiger partial charge in [0.15, 0.2) is 9.84 Å². The maximum atomic E-state index is 12.5. The van der Waals surface area contributed by atoms with Crippen molar-refractivity contribution in [2.24, 2.45) is 5.92 Å². The number of amides is 2. The van der Waals surface area contributed by atoms with E-state index in [-0.39, 0.29) is 23.3 Å². The number of hydrogen-bond acceptors (Lipinski definition) is 5. The summed E-state index contributed by atoms with van der Waals surface area (Å²) in [4.78, 5) is 28.6. The Morgan fingerprint density at radius 3 is 2.15 bits per heavy atom. The van der Waals surface area contributed by atoms with Crippen molar-refractivity contribution in [1.29, 1.82) is 0 Å². The first-order valence-corrected chi connectivity index (χ1v) is 11.3. The van der Waals surface area contributed by atoms with Crippen LogP contribution < -0.4 is 0 Å². The largest absolute Gasteiger partial charge is 0.339 e. The summed E-state index contributed by atoms with van der Waals surface area (Å²) >= 11 is 0.425. The topological polar surface area (TPSA) is 74.8 Å². The Balaban J connectivity index is 1.54. The van der Waals surface area contributed by atoms with Gasteiger partial charge in [-0.2, -0.15) is 8.78 Å². The Hall–Kier alpha value is -1.68. The van der Waals surface area contributed by atoms with Gasteiger partial charge in [-0.1, -0.05) is 11.8 Å². The molecule has 1 unspecified atom stereocenters. The van der Waals surface area contributed by atoms with Crippen molar-refractivity contribution in [2.45, 2.75) is 17.1 Å². The Morgan fingerprint density at radius 2 is 1.63 bits per heavy atom. The van der Waals surface area contributed by atoms with Gasteiger partial charge in [0.2, 0.25) is 5.91 Å². The van der Waals surface area contributed by atoms with E-state index in [2.05, 4.69) is 0 Å². The molecular weight excluding hydrogens is 398 g/mol. The number of thioether (sulfide) groups is 1. The number of hydrogen-bond donors (Lipinski definition) is 0. The lowest BCUT2D eigenvalue weighted by molar-refractivity contribution is -0.136. The average Bonchev–Trinajstić information content (AvgIpc) is 3.01. The van der Waals surface area contributed by atoms with Gasteiger partial charge in [0, 0.05) is 36.6 Å². The van der Waals surface area contributed by atoms with Crippen molar-refractivity contribution in [3.8, 4) is 0 Å². The lowest BCUT2D eigenvalue weighted by Gasteiger charge is -2.36. The molecule has 0 N–H and O–H groups in total. The SMILES string of the molecule is O=C(c1ccc(SC(F)F)cc1)N1CCN(C(=O)C2CCS(=O)(=O)C2)CC1. The fraction of sp³-hybridized carbons (Fsp3) is 0.529. The van der Waals surface area contributed by atoms with E-state index < -0.39 is 21.5 Å². The van der Waals surface area contributed by atoms with Crippen LogP contribution in [0.3, 0.4) is 0 Å². The van der Waals surface area contributed by atoms with E-state index in [9.17, 15) is 26.8 Å². The molecule has 6 nitrogen and oxygen atoms in total. The zero-order valence-corrected chi connectivity index (χ0v) is 16.1. The van der Waals surface area contributed by atoms with E-state index in [1.807, 2.05) is 0 Å². The fourth-order valence-electron chi connectivity index (χ4n) is 3.34. The monoisotopic (exact) mass is 418 g/mol. The summed E-state index contributed by atoms with van der Waals surface area (Å²) in [5, 5.41) is 0. The Kier molecular flexibility index (Phi) is 6.05. The summed E-state index contributed by atoms with van der Waals surface area (Å²) < 4.78 is 47.8. The molecule has 10 heteroatoms. The molecule has 1 aromatic rings. The second-order valence-corrected chi connectivity index (χ2v) is 9.91. The molecule has 2 aliphatic heterocycles. The zero-order chi connectivity index (χ0) is 19.6. The first-order chi connectivity index (χ1) is 12.7. The Labute approximate surface area is 160 Å². The van der Waals surface area contributed by atoms with Crippen LogP contribution in [0.25, 0.3) is 0 Å². The van der Waals surface area contributed by atoms with Crippen molar-refractivity contribution >= 4 is 33.4 Å². The molecule has 0 aliphatic carbocycles. The minimum absolute atomic E-state index is 0.0572. The van der Waals surface area contributed by atoms with Crippen molar-refractivity contribution in [1.82, 2.24) is 9.80 Å². The van der Waals surface area contributed by atoms with Gasteiger partial charge >= 0.3 is 0 Å². The number of rotatable bonds is 4. The maximum Gasteiger partial charge on any atom is 0.288 e. The molecule has 148 valence electrons. The van der Waals surface area contributed by atoms with Crippen molar-refractivity contribution in [2.75, 3.05) is 37.7 Å². The molecule has 2 amide bonds. The van der Waals surface area contributed by atoms with E-state index in [0.29, 0.717) is 54.8 Å². The normalized spacial score (nSPS) is 22.3. The van der Waals surface area contributed by atoms with Gasteiger partial charge in [-0.25, -0.2) is 8.42 Å². The minimum Gasteiger partial charge on any atom is -0.339 e. The van der Waals surface area contributed by atoms with Crippen LogP contribution in [0.2, 0.25) is 0 Å². The molecule has 2 heterocycles. The summed E-state index contributed by atoms with van der Waals surface area (Å²) in [7, 11) is -3.11. The molecule has 27 heavy (non-hydrogen) atoms. The molecule has 0 radical (unpaired) electrons. The van der Waals surface area contributed by atoms with Crippen LogP contribution in [-0.2, 0) is 14.6 Å². The number of carbonyl (C=O) groups is 2. The van der Waals surface area contributed by atoms with Crippen molar-refractivity contribution in [3.63, 3.8) is 0 Å². The second kappa shape index (κ2) is 8.14. The highest BCUT2D eigenvalue weighted by molar-refractivity contribution is 7.99. The highest BCUT2D eigenvalue weighted by atomic mass is 32.2. The van der Waals surface area contributed by atoms with E-state index >= 15 is 0 Å². The summed E-state index contributed by atoms with van der Waals surface area (Å²) in [6.07, 6.45) is 0.364. The summed E-state index contributed by atoms with van der Waals surface area (Å²) in [5.41, 5.74) is 0.412. The van der Waals surface area contributed by atoms with E-state index in [1.54, 1.807) is 9.80 Å². The van der Waals surface area contributed by atoms with Gasteiger partial charge in [-0.15, -0.1) is 0 Å². The van der Waals surface area contributed by atoms with Crippen molar-refractivity contribution in [3.05, 3.63) is 29.8 Å². The third-order valence-corrected chi connectivity index (χ3v) is 7.28. The predicted molar refractivity (Wildman–Crippen MR) is 97.5 cm³/mol. The third kappa shape index (κ3) is 4.98. The highest BCUT2D eigenvalue weighted by Crippen LogP contribution is 2.26. The standard InChI is InChI=1S/C17H20F2N2O4S2/c18-17(19)26-14-3-1-12(2-4-14)15(22)20-6-8-21(9-7-20)16(23)13-5-10-27(24,25)11-13/h1-4,13,17H,5-11H2. The molecule has 2 aliphatic rings. The lowest BCUT2D eigenvalue weighted by Crippen LogP contribution is -2.52. The number of alkyl halides is 2. The molecule has 1 aromatic carbocycles.